The van der Waals surface area contributed by atoms with Crippen LogP contribution in [0.25, 0.3) is 0 Å². The highest BCUT2D eigenvalue weighted by atomic mass is 16.6. The monoisotopic (exact) mass is 457 g/mol. The van der Waals surface area contributed by atoms with E-state index in [2.05, 4.69) is 20.4 Å². The molecule has 0 radical (unpaired) electrons. The molecular formula is C22H31N7O4. The number of carbonyl (C=O) groups excluding carboxylic acids is 1. The first-order valence-corrected chi connectivity index (χ1v) is 11.5. The van der Waals surface area contributed by atoms with Crippen LogP contribution in [0.1, 0.15) is 37.8 Å². The summed E-state index contributed by atoms with van der Waals surface area (Å²) in [5.74, 6) is 2.37. The molecule has 0 spiro atoms. The van der Waals surface area contributed by atoms with Crippen LogP contribution in [-0.2, 0) is 9.47 Å². The van der Waals surface area contributed by atoms with Gasteiger partial charge in [-0.15, -0.1) is 0 Å². The minimum atomic E-state index is -0.221. The molecule has 0 aliphatic carbocycles. The molecule has 3 atom stereocenters. The Morgan fingerprint density at radius 3 is 2.58 bits per heavy atom. The van der Waals surface area contributed by atoms with Crippen molar-refractivity contribution in [3.8, 4) is 5.88 Å². The maximum atomic E-state index is 12.4. The number of nitrogens with one attached hydrogen (secondary N) is 2. The normalized spacial score (nSPS) is 24.7. The highest BCUT2D eigenvalue weighted by molar-refractivity contribution is 5.68. The minimum Gasteiger partial charge on any atom is -0.469 e. The van der Waals surface area contributed by atoms with E-state index in [0.717, 1.165) is 37.8 Å². The second-order valence-electron chi connectivity index (χ2n) is 9.08. The standard InChI is InChI=1S/C22H31N7O4/c1-13-7-19(27-26-13)23-18-10-20(33-17-11-32-12-17)25-21(24-18)28(2)16-8-14-5-4-6-15(9-16)29(14)22(30)31-3/h7,10,14-17H,4-6,8-9,11-12H2,1-3H3,(H2,23,24,25,26,27)/t14-,15+,16?. The van der Waals surface area contributed by atoms with Crippen LogP contribution >= 0.6 is 0 Å². The molecule has 2 bridgehead atoms. The smallest absolute Gasteiger partial charge is 0.409 e. The Kier molecular flexibility index (Phi) is 5.96. The lowest BCUT2D eigenvalue weighted by atomic mass is 9.81. The molecule has 2 aromatic heterocycles. The van der Waals surface area contributed by atoms with Gasteiger partial charge in [0.2, 0.25) is 11.8 Å². The fourth-order valence-electron chi connectivity index (χ4n) is 5.00. The van der Waals surface area contributed by atoms with Crippen LogP contribution in [0.4, 0.5) is 22.4 Å². The summed E-state index contributed by atoms with van der Waals surface area (Å²) in [5.41, 5.74) is 0.955. The molecule has 5 heterocycles. The molecule has 3 fully saturated rings. The van der Waals surface area contributed by atoms with E-state index in [1.807, 2.05) is 24.9 Å². The number of ether oxygens (including phenoxy) is 3. The molecule has 2 aromatic rings. The van der Waals surface area contributed by atoms with Gasteiger partial charge in [0.15, 0.2) is 5.82 Å². The van der Waals surface area contributed by atoms with Crippen LogP contribution in [0.5, 0.6) is 5.88 Å². The lowest BCUT2D eigenvalue weighted by Crippen LogP contribution is -2.58. The van der Waals surface area contributed by atoms with E-state index < -0.39 is 0 Å². The van der Waals surface area contributed by atoms with E-state index in [1.54, 1.807) is 6.07 Å². The summed E-state index contributed by atoms with van der Waals surface area (Å²) < 4.78 is 16.3. The first-order chi connectivity index (χ1) is 16.0. The highest BCUT2D eigenvalue weighted by Gasteiger charge is 2.43. The number of methoxy groups -OCH3 is 1. The molecule has 1 unspecified atom stereocenters. The number of amides is 1. The van der Waals surface area contributed by atoms with Gasteiger partial charge < -0.3 is 29.3 Å². The second kappa shape index (κ2) is 9.05. The highest BCUT2D eigenvalue weighted by Crippen LogP contribution is 2.37. The van der Waals surface area contributed by atoms with Crippen LogP contribution in [0, 0.1) is 6.92 Å². The number of H-pyrrole nitrogens is 1. The Balaban J connectivity index is 1.38. The summed E-state index contributed by atoms with van der Waals surface area (Å²) in [5, 5.41) is 10.4. The molecule has 1 amide bonds. The molecular weight excluding hydrogens is 426 g/mol. The lowest BCUT2D eigenvalue weighted by Gasteiger charge is -2.49. The van der Waals surface area contributed by atoms with Crippen LogP contribution < -0.4 is 15.0 Å². The number of aromatic nitrogens is 4. The van der Waals surface area contributed by atoms with Crippen molar-refractivity contribution in [1.29, 1.82) is 0 Å². The fraction of sp³-hybridized carbons (Fsp3) is 0.636. The van der Waals surface area contributed by atoms with Crippen LogP contribution in [0.3, 0.4) is 0 Å². The van der Waals surface area contributed by atoms with Crippen molar-refractivity contribution in [3.63, 3.8) is 0 Å². The molecule has 11 heteroatoms. The average molecular weight is 458 g/mol. The third-order valence-electron chi connectivity index (χ3n) is 6.75. The number of hydrogen-bond acceptors (Lipinski definition) is 9. The predicted molar refractivity (Wildman–Crippen MR) is 121 cm³/mol. The Labute approximate surface area is 192 Å². The number of rotatable bonds is 6. The lowest BCUT2D eigenvalue weighted by molar-refractivity contribution is -0.0813. The van der Waals surface area contributed by atoms with Crippen LogP contribution in [0.2, 0.25) is 0 Å². The van der Waals surface area contributed by atoms with Gasteiger partial charge in [0.1, 0.15) is 11.9 Å². The average Bonchev–Trinajstić information content (AvgIpc) is 3.18. The first-order valence-electron chi connectivity index (χ1n) is 11.5. The number of fused-ring (bicyclic) bond motifs is 2. The Morgan fingerprint density at radius 1 is 1.21 bits per heavy atom. The van der Waals surface area contributed by atoms with Crippen molar-refractivity contribution in [2.45, 2.75) is 63.3 Å². The molecule has 33 heavy (non-hydrogen) atoms. The van der Waals surface area contributed by atoms with E-state index in [0.29, 0.717) is 36.7 Å². The third-order valence-corrected chi connectivity index (χ3v) is 6.75. The Hall–Kier alpha value is -3.08. The number of hydrogen-bond donors (Lipinski definition) is 2. The summed E-state index contributed by atoms with van der Waals surface area (Å²) in [6, 6.07) is 4.26. The van der Waals surface area contributed by atoms with Gasteiger partial charge in [0.05, 0.1) is 20.3 Å². The maximum Gasteiger partial charge on any atom is 0.409 e. The summed E-state index contributed by atoms with van der Waals surface area (Å²) in [6.07, 6.45) is 4.62. The summed E-state index contributed by atoms with van der Waals surface area (Å²) in [6.45, 7) is 3.07. The SMILES string of the molecule is COC(=O)N1[C@@H]2CCC[C@H]1CC(N(C)c1nc(Nc3cc(C)[nH]n3)cc(OC3COC3)n1)C2. The first kappa shape index (κ1) is 21.7. The number of piperidine rings is 2. The fourth-order valence-corrected chi connectivity index (χ4v) is 5.00. The van der Waals surface area contributed by atoms with E-state index >= 15 is 0 Å². The van der Waals surface area contributed by atoms with Crippen molar-refractivity contribution < 1.29 is 19.0 Å². The van der Waals surface area contributed by atoms with Gasteiger partial charge in [-0.2, -0.15) is 15.1 Å². The van der Waals surface area contributed by atoms with Gasteiger partial charge >= 0.3 is 6.09 Å². The Morgan fingerprint density at radius 2 is 1.97 bits per heavy atom. The number of aryl methyl sites for hydroxylation is 1. The largest absolute Gasteiger partial charge is 0.469 e. The van der Waals surface area contributed by atoms with Gasteiger partial charge in [-0.3, -0.25) is 5.10 Å². The van der Waals surface area contributed by atoms with Crippen molar-refractivity contribution in [1.82, 2.24) is 25.1 Å². The maximum absolute atomic E-state index is 12.4. The van der Waals surface area contributed by atoms with Crippen LogP contribution in [0.15, 0.2) is 12.1 Å². The van der Waals surface area contributed by atoms with Crippen LogP contribution in [-0.4, -0.2) is 82.8 Å². The van der Waals surface area contributed by atoms with Gasteiger partial charge in [-0.05, 0) is 39.0 Å². The van der Waals surface area contributed by atoms with Gasteiger partial charge in [0, 0.05) is 43.0 Å². The molecule has 0 aromatic carbocycles. The number of carbonyl (C=O) groups is 1. The Bertz CT molecular complexity index is 981. The zero-order valence-electron chi connectivity index (χ0n) is 19.3. The molecule has 3 aliphatic rings. The molecule has 5 rings (SSSR count). The number of aromatic amines is 1. The zero-order valence-corrected chi connectivity index (χ0v) is 19.3. The predicted octanol–water partition coefficient (Wildman–Crippen LogP) is 2.62. The minimum absolute atomic E-state index is 0.00110. The molecule has 3 aliphatic heterocycles. The molecule has 2 N–H and O–H groups in total. The molecule has 178 valence electrons. The molecule has 3 saturated heterocycles. The van der Waals surface area contributed by atoms with Crippen molar-refractivity contribution in [3.05, 3.63) is 17.8 Å². The summed E-state index contributed by atoms with van der Waals surface area (Å²) >= 11 is 0. The summed E-state index contributed by atoms with van der Waals surface area (Å²) in [4.78, 5) is 25.9. The van der Waals surface area contributed by atoms with Gasteiger partial charge in [-0.25, -0.2) is 4.79 Å². The zero-order chi connectivity index (χ0) is 22.9. The third kappa shape index (κ3) is 4.54. The number of nitrogens with zero attached hydrogens (tertiary/aromatic N) is 5. The van der Waals surface area contributed by atoms with Crippen molar-refractivity contribution in [2.75, 3.05) is 37.6 Å². The van der Waals surface area contributed by atoms with E-state index in [4.69, 9.17) is 24.2 Å². The topological polar surface area (TPSA) is 118 Å². The van der Waals surface area contributed by atoms with Crippen molar-refractivity contribution >= 4 is 23.7 Å². The van der Waals surface area contributed by atoms with Gasteiger partial charge in [0.25, 0.3) is 0 Å². The van der Waals surface area contributed by atoms with Gasteiger partial charge in [-0.1, -0.05) is 0 Å². The van der Waals surface area contributed by atoms with E-state index in [1.165, 1.54) is 7.11 Å². The molecule has 11 nitrogen and oxygen atoms in total. The summed E-state index contributed by atoms with van der Waals surface area (Å²) in [7, 11) is 3.47. The van der Waals surface area contributed by atoms with Crippen molar-refractivity contribution in [2.24, 2.45) is 0 Å². The second-order valence-corrected chi connectivity index (χ2v) is 9.08. The van der Waals surface area contributed by atoms with E-state index in [9.17, 15) is 4.79 Å². The quantitative estimate of drug-likeness (QED) is 0.675. The number of anilines is 3. The van der Waals surface area contributed by atoms with E-state index in [-0.39, 0.29) is 30.3 Å². The molecule has 0 saturated carbocycles.